The van der Waals surface area contributed by atoms with Gasteiger partial charge in [-0.1, -0.05) is 36.8 Å². The first-order valence-corrected chi connectivity index (χ1v) is 8.54. The van der Waals surface area contributed by atoms with Gasteiger partial charge in [0.25, 0.3) is 0 Å². The lowest BCUT2D eigenvalue weighted by atomic mass is 10.1. The van der Waals surface area contributed by atoms with Crippen LogP contribution in [0.3, 0.4) is 0 Å². The number of aryl methyl sites for hydroxylation is 1. The van der Waals surface area contributed by atoms with Crippen LogP contribution in [0.2, 0.25) is 0 Å². The number of rotatable bonds is 5. The lowest BCUT2D eigenvalue weighted by Gasteiger charge is -2.14. The Morgan fingerprint density at radius 2 is 2.05 bits per heavy atom. The Bertz CT molecular complexity index is 636. The fraction of sp³-hybridized carbons (Fsp3) is 0.375. The van der Waals surface area contributed by atoms with Crippen LogP contribution in [-0.4, -0.2) is 20.9 Å². The van der Waals surface area contributed by atoms with Crippen molar-refractivity contribution in [2.75, 3.05) is 5.32 Å². The van der Waals surface area contributed by atoms with Crippen LogP contribution in [0.25, 0.3) is 0 Å². The van der Waals surface area contributed by atoms with E-state index in [1.165, 1.54) is 11.1 Å². The molecule has 118 valence electrons. The SMILES string of the molecule is CCC(C)NC(=S)Nc1nn(Cc2ccc(C)cc2)cc1Br. The highest BCUT2D eigenvalue weighted by Gasteiger charge is 2.09. The molecule has 22 heavy (non-hydrogen) atoms. The normalized spacial score (nSPS) is 12.0. The smallest absolute Gasteiger partial charge is 0.172 e. The zero-order valence-electron chi connectivity index (χ0n) is 13.1. The third-order valence-electron chi connectivity index (χ3n) is 3.40. The molecular formula is C16H21BrN4S. The zero-order chi connectivity index (χ0) is 16.1. The molecule has 1 aromatic carbocycles. The number of hydrogen-bond acceptors (Lipinski definition) is 2. The van der Waals surface area contributed by atoms with E-state index in [1.54, 1.807) is 0 Å². The van der Waals surface area contributed by atoms with Crippen LogP contribution >= 0.6 is 28.1 Å². The molecule has 1 atom stereocenters. The van der Waals surface area contributed by atoms with Crippen LogP contribution in [0.5, 0.6) is 0 Å². The first kappa shape index (κ1) is 17.0. The fourth-order valence-corrected chi connectivity index (χ4v) is 2.63. The van der Waals surface area contributed by atoms with E-state index in [0.29, 0.717) is 11.2 Å². The minimum absolute atomic E-state index is 0.341. The monoisotopic (exact) mass is 380 g/mol. The summed E-state index contributed by atoms with van der Waals surface area (Å²) in [6.07, 6.45) is 2.97. The van der Waals surface area contributed by atoms with Crippen molar-refractivity contribution in [1.82, 2.24) is 15.1 Å². The number of aromatic nitrogens is 2. The summed E-state index contributed by atoms with van der Waals surface area (Å²) in [4.78, 5) is 0. The highest BCUT2D eigenvalue weighted by molar-refractivity contribution is 9.10. The third kappa shape index (κ3) is 4.81. The van der Waals surface area contributed by atoms with Gasteiger partial charge in [-0.2, -0.15) is 5.10 Å². The minimum Gasteiger partial charge on any atom is -0.360 e. The van der Waals surface area contributed by atoms with E-state index in [2.05, 4.69) is 76.7 Å². The van der Waals surface area contributed by atoms with Crippen LogP contribution in [-0.2, 0) is 6.54 Å². The molecule has 1 heterocycles. The van der Waals surface area contributed by atoms with Gasteiger partial charge in [0.15, 0.2) is 10.9 Å². The van der Waals surface area contributed by atoms with Crippen molar-refractivity contribution in [2.45, 2.75) is 39.8 Å². The summed E-state index contributed by atoms with van der Waals surface area (Å²) in [5.41, 5.74) is 2.47. The third-order valence-corrected chi connectivity index (χ3v) is 4.20. The first-order chi connectivity index (χ1) is 10.5. The molecule has 0 amide bonds. The summed E-state index contributed by atoms with van der Waals surface area (Å²) >= 11 is 8.82. The number of anilines is 1. The number of thiocarbonyl (C=S) groups is 1. The molecular weight excluding hydrogens is 360 g/mol. The summed E-state index contributed by atoms with van der Waals surface area (Å²) in [7, 11) is 0. The Balaban J connectivity index is 2.01. The van der Waals surface area contributed by atoms with Gasteiger partial charge in [-0.3, -0.25) is 4.68 Å². The van der Waals surface area contributed by atoms with Crippen LogP contribution < -0.4 is 10.6 Å². The van der Waals surface area contributed by atoms with Gasteiger partial charge >= 0.3 is 0 Å². The van der Waals surface area contributed by atoms with E-state index < -0.39 is 0 Å². The summed E-state index contributed by atoms with van der Waals surface area (Å²) in [5, 5.41) is 11.5. The second-order valence-electron chi connectivity index (χ2n) is 5.42. The van der Waals surface area contributed by atoms with E-state index >= 15 is 0 Å². The highest BCUT2D eigenvalue weighted by Crippen LogP contribution is 2.20. The number of nitrogens with zero attached hydrogens (tertiary/aromatic N) is 2. The number of nitrogens with one attached hydrogen (secondary N) is 2. The molecule has 0 saturated heterocycles. The van der Waals surface area contributed by atoms with E-state index in [-0.39, 0.29) is 0 Å². The van der Waals surface area contributed by atoms with Crippen molar-refractivity contribution < 1.29 is 0 Å². The summed E-state index contributed by atoms with van der Waals surface area (Å²) in [5.74, 6) is 0.730. The Hall–Kier alpha value is -1.40. The van der Waals surface area contributed by atoms with Crippen molar-refractivity contribution >= 4 is 39.1 Å². The van der Waals surface area contributed by atoms with Crippen molar-refractivity contribution in [1.29, 1.82) is 0 Å². The van der Waals surface area contributed by atoms with Gasteiger partial charge in [0.1, 0.15) is 0 Å². The lowest BCUT2D eigenvalue weighted by molar-refractivity contribution is 0.645. The highest BCUT2D eigenvalue weighted by atomic mass is 79.9. The molecule has 0 aliphatic rings. The molecule has 2 aromatic rings. The van der Waals surface area contributed by atoms with Crippen molar-refractivity contribution in [3.8, 4) is 0 Å². The predicted octanol–water partition coefficient (Wildman–Crippen LogP) is 4.09. The topological polar surface area (TPSA) is 41.9 Å². The van der Waals surface area contributed by atoms with Crippen LogP contribution in [0.4, 0.5) is 5.82 Å². The predicted molar refractivity (Wildman–Crippen MR) is 99.3 cm³/mol. The first-order valence-electron chi connectivity index (χ1n) is 7.34. The maximum Gasteiger partial charge on any atom is 0.172 e. The lowest BCUT2D eigenvalue weighted by Crippen LogP contribution is -2.35. The Kier molecular flexibility index (Phi) is 5.97. The average Bonchev–Trinajstić information content (AvgIpc) is 2.81. The van der Waals surface area contributed by atoms with E-state index in [4.69, 9.17) is 12.2 Å². The molecule has 0 saturated carbocycles. The maximum absolute atomic E-state index is 5.30. The molecule has 6 heteroatoms. The van der Waals surface area contributed by atoms with Crippen molar-refractivity contribution in [2.24, 2.45) is 0 Å². The van der Waals surface area contributed by atoms with Crippen molar-refractivity contribution in [3.05, 3.63) is 46.1 Å². The molecule has 4 nitrogen and oxygen atoms in total. The summed E-state index contributed by atoms with van der Waals surface area (Å²) in [6.45, 7) is 7.03. The van der Waals surface area contributed by atoms with E-state index in [0.717, 1.165) is 23.3 Å². The second-order valence-corrected chi connectivity index (χ2v) is 6.68. The molecule has 2 rings (SSSR count). The van der Waals surface area contributed by atoms with E-state index in [9.17, 15) is 0 Å². The zero-order valence-corrected chi connectivity index (χ0v) is 15.5. The number of halogens is 1. The van der Waals surface area contributed by atoms with Gasteiger partial charge < -0.3 is 10.6 Å². The van der Waals surface area contributed by atoms with Crippen molar-refractivity contribution in [3.63, 3.8) is 0 Å². The molecule has 0 aliphatic carbocycles. The van der Waals surface area contributed by atoms with E-state index in [1.807, 2.05) is 10.9 Å². The maximum atomic E-state index is 5.30. The van der Waals surface area contributed by atoms with Gasteiger partial charge in [-0.05, 0) is 54.0 Å². The standard InChI is InChI=1S/C16H21BrN4S/c1-4-12(3)18-16(22)19-15-14(17)10-21(20-15)9-13-7-5-11(2)6-8-13/h5-8,10,12H,4,9H2,1-3H3,(H2,18,19,20,22). The Morgan fingerprint density at radius 3 is 2.68 bits per heavy atom. The molecule has 1 unspecified atom stereocenters. The molecule has 0 aliphatic heterocycles. The van der Waals surface area contributed by atoms with Gasteiger partial charge in [0.2, 0.25) is 0 Å². The molecule has 2 N–H and O–H groups in total. The average molecular weight is 381 g/mol. The molecule has 1 aromatic heterocycles. The van der Waals surface area contributed by atoms with Crippen LogP contribution in [0, 0.1) is 6.92 Å². The number of benzene rings is 1. The van der Waals surface area contributed by atoms with Crippen LogP contribution in [0.15, 0.2) is 34.9 Å². The Morgan fingerprint density at radius 1 is 1.36 bits per heavy atom. The van der Waals surface area contributed by atoms with Gasteiger partial charge in [-0.25, -0.2) is 0 Å². The second kappa shape index (κ2) is 7.74. The van der Waals surface area contributed by atoms with Gasteiger partial charge in [-0.15, -0.1) is 0 Å². The molecule has 0 bridgehead atoms. The summed E-state index contributed by atoms with van der Waals surface area (Å²) in [6, 6.07) is 8.80. The number of hydrogen-bond donors (Lipinski definition) is 2. The van der Waals surface area contributed by atoms with Gasteiger partial charge in [0, 0.05) is 12.2 Å². The fourth-order valence-electron chi connectivity index (χ4n) is 1.91. The quantitative estimate of drug-likeness (QED) is 0.766. The molecule has 0 radical (unpaired) electrons. The van der Waals surface area contributed by atoms with Gasteiger partial charge in [0.05, 0.1) is 11.0 Å². The minimum atomic E-state index is 0.341. The molecule has 0 spiro atoms. The molecule has 0 fully saturated rings. The largest absolute Gasteiger partial charge is 0.360 e. The van der Waals surface area contributed by atoms with Crippen LogP contribution in [0.1, 0.15) is 31.4 Å². The Labute approximate surface area is 145 Å². The summed E-state index contributed by atoms with van der Waals surface area (Å²) < 4.78 is 2.79.